The number of aromatic hydroxyl groups is 3. The van der Waals surface area contributed by atoms with E-state index in [0.717, 1.165) is 33.3 Å². The summed E-state index contributed by atoms with van der Waals surface area (Å²) in [4.78, 5) is 36.0. The molecule has 7 N–H and O–H groups in total. The smallest absolute Gasteiger partial charge is 0.300 e. The van der Waals surface area contributed by atoms with E-state index in [1.165, 1.54) is 6.07 Å². The lowest BCUT2D eigenvalue weighted by Crippen LogP contribution is -1.78. The first kappa shape index (κ1) is 33.1. The Labute approximate surface area is 190 Å². The largest absolute Gasteiger partial charge is 0.508 e. The van der Waals surface area contributed by atoms with Crippen LogP contribution in [0.15, 0.2) is 42.5 Å². The monoisotopic (exact) mass is 468 g/mol. The topological polar surface area (TPSA) is 210 Å². The van der Waals surface area contributed by atoms with Crippen molar-refractivity contribution < 1.29 is 54.9 Å². The van der Waals surface area contributed by atoms with Gasteiger partial charge < -0.3 is 35.7 Å². The summed E-state index contributed by atoms with van der Waals surface area (Å²) < 4.78 is 0. The lowest BCUT2D eigenvalue weighted by molar-refractivity contribution is -0.135. The second-order valence-electron chi connectivity index (χ2n) is 5.78. The van der Waals surface area contributed by atoms with Crippen LogP contribution in [-0.2, 0) is 19.2 Å². The summed E-state index contributed by atoms with van der Waals surface area (Å²) in [7, 11) is 0. The maximum absolute atomic E-state index is 9.30. The van der Waals surface area contributed by atoms with E-state index in [0.29, 0.717) is 5.56 Å². The molecule has 0 unspecified atom stereocenters. The third-order valence-electron chi connectivity index (χ3n) is 2.29. The van der Waals surface area contributed by atoms with Crippen LogP contribution in [0.1, 0.15) is 38.8 Å². The quantitative estimate of drug-likeness (QED) is 0.318. The van der Waals surface area contributed by atoms with Crippen molar-refractivity contribution in [1.29, 1.82) is 0 Å². The molecule has 0 amide bonds. The Kier molecular flexibility index (Phi) is 19.5. The number of benzene rings is 2. The molecule has 0 atom stereocenters. The number of rotatable bonds is 2. The Morgan fingerprint density at radius 2 is 0.788 bits per heavy atom. The Hall–Kier alpha value is -4.54. The van der Waals surface area contributed by atoms with E-state index in [-0.39, 0.29) is 17.2 Å². The highest BCUT2D eigenvalue weighted by atomic mass is 16.4. The lowest BCUT2D eigenvalue weighted by Gasteiger charge is -1.98. The van der Waals surface area contributed by atoms with Gasteiger partial charge in [0.25, 0.3) is 23.9 Å². The highest BCUT2D eigenvalue weighted by molar-refractivity contribution is 5.71. The molecule has 2 aromatic rings. The van der Waals surface area contributed by atoms with Crippen molar-refractivity contribution in [2.24, 2.45) is 0 Å². The Morgan fingerprint density at radius 1 is 0.515 bits per heavy atom. The highest BCUT2D eigenvalue weighted by Crippen LogP contribution is 2.22. The molecule has 182 valence electrons. The number of phenols is 3. The van der Waals surface area contributed by atoms with Crippen LogP contribution in [0.4, 0.5) is 0 Å². The molecule has 0 aliphatic carbocycles. The summed E-state index contributed by atoms with van der Waals surface area (Å²) >= 11 is 0. The number of carbonyl (C=O) groups is 4. The van der Waals surface area contributed by atoms with Crippen molar-refractivity contribution in [3.63, 3.8) is 0 Å². The molecule has 0 radical (unpaired) electrons. The normalized spacial score (nSPS) is 8.61. The molecule has 0 aliphatic heterocycles. The first-order valence-corrected chi connectivity index (χ1v) is 8.85. The van der Waals surface area contributed by atoms with Gasteiger partial charge in [-0.15, -0.1) is 0 Å². The average molecular weight is 468 g/mol. The van der Waals surface area contributed by atoms with Crippen LogP contribution in [0.2, 0.25) is 0 Å². The molecule has 11 nitrogen and oxygen atoms in total. The minimum Gasteiger partial charge on any atom is -0.508 e. The average Bonchev–Trinajstić information content (AvgIpc) is 2.58. The number of hydrogen-bond acceptors (Lipinski definition) is 7. The van der Waals surface area contributed by atoms with Crippen LogP contribution in [0.5, 0.6) is 17.2 Å². The van der Waals surface area contributed by atoms with Crippen LogP contribution >= 0.6 is 0 Å². The fourth-order valence-electron chi connectivity index (χ4n) is 1.49. The molecule has 0 spiro atoms. The minimum absolute atomic E-state index is 0.0235. The van der Waals surface area contributed by atoms with Gasteiger partial charge >= 0.3 is 0 Å². The third-order valence-corrected chi connectivity index (χ3v) is 2.29. The first-order valence-electron chi connectivity index (χ1n) is 8.85. The van der Waals surface area contributed by atoms with Crippen molar-refractivity contribution in [3.8, 4) is 17.2 Å². The van der Waals surface area contributed by atoms with Crippen LogP contribution < -0.4 is 0 Å². The van der Waals surface area contributed by atoms with Gasteiger partial charge in [0.15, 0.2) is 0 Å². The molecule has 0 aliphatic rings. The molecule has 2 aromatic carbocycles. The molecule has 0 aromatic heterocycles. The first-order chi connectivity index (χ1) is 15.1. The van der Waals surface area contributed by atoms with E-state index in [1.807, 2.05) is 6.08 Å². The number of phenolic OH excluding ortho intramolecular Hbond substituents is 3. The summed E-state index contributed by atoms with van der Waals surface area (Å²) in [5, 5.41) is 57.4. The maximum Gasteiger partial charge on any atom is 0.300 e. The zero-order chi connectivity index (χ0) is 26.6. The summed E-state index contributed by atoms with van der Waals surface area (Å²) in [6, 6.07) is 11.1. The van der Waals surface area contributed by atoms with Gasteiger partial charge in [0.1, 0.15) is 17.2 Å². The van der Waals surface area contributed by atoms with Gasteiger partial charge in [-0.25, -0.2) is 0 Å². The van der Waals surface area contributed by atoms with Gasteiger partial charge in [-0.05, 0) is 35.4 Å². The third kappa shape index (κ3) is 35.3. The second kappa shape index (κ2) is 19.4. The second-order valence-corrected chi connectivity index (χ2v) is 5.78. The predicted octanol–water partition coefficient (Wildman–Crippen LogP) is 3.34. The molecule has 0 bridgehead atoms. The van der Waals surface area contributed by atoms with Crippen LogP contribution in [0.3, 0.4) is 0 Å². The Morgan fingerprint density at radius 3 is 1.09 bits per heavy atom. The van der Waals surface area contributed by atoms with E-state index < -0.39 is 23.9 Å². The van der Waals surface area contributed by atoms with Gasteiger partial charge in [-0.1, -0.05) is 24.3 Å². The Balaban J connectivity index is -0.000000462. The SMILES string of the molecule is CC(=O)O.CC(=O)O.CC(=O)O.CC(=O)O.Oc1ccc(C=Cc2cc(O)cc(O)c2)cc1. The van der Waals surface area contributed by atoms with Crippen molar-refractivity contribution in [3.05, 3.63) is 53.6 Å². The molecule has 0 saturated heterocycles. The number of aliphatic carboxylic acids is 4. The summed E-state index contributed by atoms with van der Waals surface area (Å²) in [6.45, 7) is 4.33. The van der Waals surface area contributed by atoms with Crippen LogP contribution in [0.25, 0.3) is 12.2 Å². The number of hydrogen-bond donors (Lipinski definition) is 7. The molecule has 0 fully saturated rings. The fraction of sp³-hybridized carbons (Fsp3) is 0.182. The van der Waals surface area contributed by atoms with Gasteiger partial charge in [0, 0.05) is 33.8 Å². The molecular formula is C22H28O11. The van der Waals surface area contributed by atoms with Crippen LogP contribution in [0, 0.1) is 0 Å². The zero-order valence-corrected chi connectivity index (χ0v) is 18.5. The van der Waals surface area contributed by atoms with Gasteiger partial charge in [-0.2, -0.15) is 0 Å². The van der Waals surface area contributed by atoms with E-state index >= 15 is 0 Å². The summed E-state index contributed by atoms with van der Waals surface area (Å²) in [6.07, 6.45) is 3.60. The zero-order valence-electron chi connectivity index (χ0n) is 18.5. The molecule has 11 heteroatoms. The van der Waals surface area contributed by atoms with Gasteiger partial charge in [0.05, 0.1) is 0 Å². The van der Waals surface area contributed by atoms with Gasteiger partial charge in [-0.3, -0.25) is 19.2 Å². The number of carboxylic acid groups (broad SMARTS) is 4. The van der Waals surface area contributed by atoms with E-state index in [4.69, 9.17) is 44.7 Å². The van der Waals surface area contributed by atoms with Crippen molar-refractivity contribution in [2.75, 3.05) is 0 Å². The van der Waals surface area contributed by atoms with Crippen LogP contribution in [-0.4, -0.2) is 59.6 Å². The molecule has 33 heavy (non-hydrogen) atoms. The predicted molar refractivity (Wildman–Crippen MR) is 120 cm³/mol. The van der Waals surface area contributed by atoms with Crippen molar-refractivity contribution in [1.82, 2.24) is 0 Å². The van der Waals surface area contributed by atoms with E-state index in [9.17, 15) is 10.2 Å². The molecule has 0 heterocycles. The minimum atomic E-state index is -0.833. The van der Waals surface area contributed by atoms with E-state index in [2.05, 4.69) is 0 Å². The maximum atomic E-state index is 9.30. The highest BCUT2D eigenvalue weighted by Gasteiger charge is 1.95. The fourth-order valence-corrected chi connectivity index (χ4v) is 1.49. The summed E-state index contributed by atoms with van der Waals surface area (Å²) in [5.41, 5.74) is 1.63. The molecule has 2 rings (SSSR count). The summed E-state index contributed by atoms with van der Waals surface area (Å²) in [5.74, 6) is -3.07. The number of carboxylic acids is 4. The molecular weight excluding hydrogens is 440 g/mol. The van der Waals surface area contributed by atoms with Gasteiger partial charge in [0.2, 0.25) is 0 Å². The molecule has 0 saturated carbocycles. The standard InChI is InChI=1S/C14H12O3.4C2H4O2/c15-12-5-3-10(4-6-12)1-2-11-7-13(16)9-14(17)8-11;4*1-2(3)4/h1-9,15-17H;4*1H3,(H,3,4). The van der Waals surface area contributed by atoms with Crippen molar-refractivity contribution >= 4 is 36.0 Å². The lowest BCUT2D eigenvalue weighted by atomic mass is 10.1. The van der Waals surface area contributed by atoms with Crippen molar-refractivity contribution in [2.45, 2.75) is 27.7 Å². The Bertz CT molecular complexity index is 817. The van der Waals surface area contributed by atoms with E-state index in [1.54, 1.807) is 42.5 Å².